The Morgan fingerprint density at radius 2 is 1.89 bits per heavy atom. The van der Waals surface area contributed by atoms with Crippen molar-refractivity contribution < 1.29 is 0 Å². The molecule has 0 saturated heterocycles. The van der Waals surface area contributed by atoms with Crippen molar-refractivity contribution in [2.45, 2.75) is 6.04 Å². The molecule has 0 amide bonds. The lowest BCUT2D eigenvalue weighted by molar-refractivity contribution is 0.708. The Morgan fingerprint density at radius 3 is 2.78 bits per heavy atom. The summed E-state index contributed by atoms with van der Waals surface area (Å²) in [6.07, 6.45) is 7.55. The second kappa shape index (κ2) is 3.53. The Balaban J connectivity index is 2.00. The first-order valence-corrected chi connectivity index (χ1v) is 5.96. The molecule has 0 spiro atoms. The molecule has 0 saturated carbocycles. The van der Waals surface area contributed by atoms with Gasteiger partial charge in [0.15, 0.2) is 0 Å². The van der Waals surface area contributed by atoms with Crippen LogP contribution in [0.15, 0.2) is 61.3 Å². The van der Waals surface area contributed by atoms with Crippen LogP contribution >= 0.6 is 0 Å². The molecule has 0 radical (unpaired) electrons. The van der Waals surface area contributed by atoms with Gasteiger partial charge in [0.2, 0.25) is 0 Å². The zero-order valence-corrected chi connectivity index (χ0v) is 9.69. The fourth-order valence-corrected chi connectivity index (χ4v) is 2.72. The summed E-state index contributed by atoms with van der Waals surface area (Å²) >= 11 is 0. The van der Waals surface area contributed by atoms with Crippen LogP contribution in [0.4, 0.5) is 0 Å². The predicted molar refractivity (Wildman–Crippen MR) is 69.1 cm³/mol. The molecule has 3 heteroatoms. The Bertz CT molecular complexity index is 701. The van der Waals surface area contributed by atoms with Crippen molar-refractivity contribution in [3.8, 4) is 11.3 Å². The van der Waals surface area contributed by atoms with Gasteiger partial charge in [0.1, 0.15) is 0 Å². The third-order valence-electron chi connectivity index (χ3n) is 3.48. The van der Waals surface area contributed by atoms with Gasteiger partial charge in [-0.1, -0.05) is 30.3 Å². The number of hydrogen-bond donors (Lipinski definition) is 0. The minimum absolute atomic E-state index is 0.201. The monoisotopic (exact) mass is 233 g/mol. The molecular weight excluding hydrogens is 222 g/mol. The first kappa shape index (κ1) is 9.59. The number of fused-ring (bicyclic) bond motifs is 3. The highest BCUT2D eigenvalue weighted by Gasteiger charge is 2.28. The Hall–Kier alpha value is -2.42. The fraction of sp³-hybridized carbons (Fsp3) is 0.0667. The standard InChI is InChI=1S/C15H11N3/c1-2-6-13-12(5-1)14-9-17-10-18(14)15(13)11-4-3-7-16-8-11/h1-10,15H. The van der Waals surface area contributed by atoms with E-state index in [-0.39, 0.29) is 6.04 Å². The van der Waals surface area contributed by atoms with Crippen LogP contribution in [0.25, 0.3) is 11.3 Å². The van der Waals surface area contributed by atoms with Crippen molar-refractivity contribution in [2.24, 2.45) is 0 Å². The average Bonchev–Trinajstić information content (AvgIpc) is 2.99. The Kier molecular flexibility index (Phi) is 1.88. The van der Waals surface area contributed by atoms with E-state index in [0.29, 0.717) is 0 Å². The average molecular weight is 233 g/mol. The van der Waals surface area contributed by atoms with Gasteiger partial charge in [-0.25, -0.2) is 4.98 Å². The molecule has 1 aliphatic heterocycles. The number of imidazole rings is 1. The van der Waals surface area contributed by atoms with Crippen LogP contribution in [0.3, 0.4) is 0 Å². The zero-order chi connectivity index (χ0) is 11.9. The molecule has 1 atom stereocenters. The topological polar surface area (TPSA) is 30.7 Å². The number of pyridine rings is 1. The van der Waals surface area contributed by atoms with Gasteiger partial charge in [-0.05, 0) is 17.2 Å². The van der Waals surface area contributed by atoms with Gasteiger partial charge < -0.3 is 4.57 Å². The first-order chi connectivity index (χ1) is 8.95. The minimum atomic E-state index is 0.201. The lowest BCUT2D eigenvalue weighted by atomic mass is 9.98. The number of benzene rings is 1. The maximum atomic E-state index is 4.26. The predicted octanol–water partition coefficient (Wildman–Crippen LogP) is 2.90. The number of nitrogens with zero attached hydrogens (tertiary/aromatic N) is 3. The third-order valence-corrected chi connectivity index (χ3v) is 3.48. The van der Waals surface area contributed by atoms with E-state index >= 15 is 0 Å². The largest absolute Gasteiger partial charge is 0.319 e. The maximum absolute atomic E-state index is 4.26. The van der Waals surface area contributed by atoms with Crippen LogP contribution in [-0.4, -0.2) is 14.5 Å². The summed E-state index contributed by atoms with van der Waals surface area (Å²) in [7, 11) is 0. The van der Waals surface area contributed by atoms with Crippen molar-refractivity contribution in [1.82, 2.24) is 14.5 Å². The summed E-state index contributed by atoms with van der Waals surface area (Å²) in [4.78, 5) is 8.49. The summed E-state index contributed by atoms with van der Waals surface area (Å²) in [6, 6.07) is 12.8. The van der Waals surface area contributed by atoms with Crippen LogP contribution < -0.4 is 0 Å². The molecular formula is C15H11N3. The molecule has 3 heterocycles. The molecule has 1 aliphatic rings. The van der Waals surface area contributed by atoms with Crippen LogP contribution in [0.2, 0.25) is 0 Å². The van der Waals surface area contributed by atoms with E-state index < -0.39 is 0 Å². The van der Waals surface area contributed by atoms with E-state index in [1.807, 2.05) is 24.8 Å². The second-order valence-corrected chi connectivity index (χ2v) is 4.46. The van der Waals surface area contributed by atoms with E-state index in [1.54, 1.807) is 6.20 Å². The highest BCUT2D eigenvalue weighted by Crippen LogP contribution is 2.41. The van der Waals surface area contributed by atoms with Crippen molar-refractivity contribution in [1.29, 1.82) is 0 Å². The van der Waals surface area contributed by atoms with Crippen LogP contribution in [0.5, 0.6) is 0 Å². The summed E-state index contributed by atoms with van der Waals surface area (Å²) in [5.41, 5.74) is 4.97. The van der Waals surface area contributed by atoms with Crippen LogP contribution in [0, 0.1) is 0 Å². The summed E-state index contributed by atoms with van der Waals surface area (Å²) in [6.45, 7) is 0. The van der Waals surface area contributed by atoms with Gasteiger partial charge in [-0.3, -0.25) is 4.98 Å². The smallest absolute Gasteiger partial charge is 0.0959 e. The van der Waals surface area contributed by atoms with Gasteiger partial charge in [-0.2, -0.15) is 0 Å². The minimum Gasteiger partial charge on any atom is -0.319 e. The normalized spacial score (nSPS) is 16.3. The number of hydrogen-bond acceptors (Lipinski definition) is 2. The van der Waals surface area contributed by atoms with Crippen LogP contribution in [0.1, 0.15) is 17.2 Å². The lowest BCUT2D eigenvalue weighted by Gasteiger charge is -2.14. The van der Waals surface area contributed by atoms with Crippen molar-refractivity contribution in [2.75, 3.05) is 0 Å². The maximum Gasteiger partial charge on any atom is 0.0959 e. The number of rotatable bonds is 1. The van der Waals surface area contributed by atoms with E-state index in [4.69, 9.17) is 0 Å². The molecule has 1 aromatic carbocycles. The van der Waals surface area contributed by atoms with Gasteiger partial charge in [0.05, 0.1) is 24.3 Å². The van der Waals surface area contributed by atoms with Gasteiger partial charge >= 0.3 is 0 Å². The second-order valence-electron chi connectivity index (χ2n) is 4.46. The van der Waals surface area contributed by atoms with Crippen LogP contribution in [-0.2, 0) is 0 Å². The molecule has 18 heavy (non-hydrogen) atoms. The van der Waals surface area contributed by atoms with E-state index in [2.05, 4.69) is 44.9 Å². The van der Waals surface area contributed by atoms with E-state index in [0.717, 1.165) is 0 Å². The highest BCUT2D eigenvalue weighted by atomic mass is 15.1. The van der Waals surface area contributed by atoms with Crippen molar-refractivity contribution in [3.63, 3.8) is 0 Å². The van der Waals surface area contributed by atoms with Gasteiger partial charge in [-0.15, -0.1) is 0 Å². The molecule has 2 aromatic heterocycles. The molecule has 0 N–H and O–H groups in total. The number of aromatic nitrogens is 3. The Labute approximate surface area is 105 Å². The molecule has 0 fully saturated rings. The zero-order valence-electron chi connectivity index (χ0n) is 9.69. The fourth-order valence-electron chi connectivity index (χ4n) is 2.72. The summed E-state index contributed by atoms with van der Waals surface area (Å²) < 4.78 is 2.21. The molecule has 0 aliphatic carbocycles. The Morgan fingerprint density at radius 1 is 0.944 bits per heavy atom. The summed E-state index contributed by atoms with van der Waals surface area (Å²) in [5.74, 6) is 0. The molecule has 86 valence electrons. The SMILES string of the molecule is c1cncc(C2c3ccccc3-c3cncn32)c1. The first-order valence-electron chi connectivity index (χ1n) is 5.96. The molecule has 0 bridgehead atoms. The molecule has 4 rings (SSSR count). The lowest BCUT2D eigenvalue weighted by Crippen LogP contribution is -2.06. The van der Waals surface area contributed by atoms with E-state index in [1.165, 1.54) is 22.4 Å². The summed E-state index contributed by atoms with van der Waals surface area (Å²) in [5, 5.41) is 0. The molecule has 3 nitrogen and oxygen atoms in total. The van der Waals surface area contributed by atoms with E-state index in [9.17, 15) is 0 Å². The molecule has 3 aromatic rings. The van der Waals surface area contributed by atoms with Crippen molar-refractivity contribution >= 4 is 0 Å². The quantitative estimate of drug-likeness (QED) is 0.506. The van der Waals surface area contributed by atoms with Gasteiger partial charge in [0, 0.05) is 18.0 Å². The van der Waals surface area contributed by atoms with Gasteiger partial charge in [0.25, 0.3) is 0 Å². The van der Waals surface area contributed by atoms with Crippen molar-refractivity contribution in [3.05, 3.63) is 72.4 Å². The third kappa shape index (κ3) is 1.19. The molecule has 1 unspecified atom stereocenters. The highest BCUT2D eigenvalue weighted by molar-refractivity contribution is 5.70.